The second-order valence-electron chi connectivity index (χ2n) is 7.58. The second-order valence-corrected chi connectivity index (χ2v) is 7.99. The van der Waals surface area contributed by atoms with Crippen molar-refractivity contribution in [3.63, 3.8) is 0 Å². The molecule has 0 spiro atoms. The van der Waals surface area contributed by atoms with Crippen LogP contribution in [-0.4, -0.2) is 50.1 Å². The first-order valence-corrected chi connectivity index (χ1v) is 11.1. The molecule has 1 N–H and O–H groups in total. The highest BCUT2D eigenvalue weighted by molar-refractivity contribution is 6.33. The molecule has 0 atom stereocenters. The summed E-state index contributed by atoms with van der Waals surface area (Å²) in [5.41, 5.74) is 0.622. The average Bonchev–Trinajstić information content (AvgIpc) is 3.22. The van der Waals surface area contributed by atoms with Gasteiger partial charge in [-0.25, -0.2) is 0 Å². The van der Waals surface area contributed by atoms with E-state index in [1.165, 1.54) is 18.2 Å². The topological polar surface area (TPSA) is 103 Å². The molecule has 0 saturated carbocycles. The third kappa shape index (κ3) is 5.41. The molecular formula is C25H24ClN3O6. The molecule has 1 amide bonds. The Morgan fingerprint density at radius 2 is 1.80 bits per heavy atom. The van der Waals surface area contributed by atoms with E-state index in [-0.39, 0.29) is 17.2 Å². The Bertz CT molecular complexity index is 1240. The van der Waals surface area contributed by atoms with Crippen molar-refractivity contribution in [1.29, 1.82) is 5.41 Å². The van der Waals surface area contributed by atoms with E-state index in [9.17, 15) is 4.79 Å². The van der Waals surface area contributed by atoms with Crippen LogP contribution >= 0.6 is 11.6 Å². The molecular weight excluding hydrogens is 474 g/mol. The third-order valence-electron chi connectivity index (χ3n) is 5.11. The first-order valence-electron chi connectivity index (χ1n) is 10.8. The van der Waals surface area contributed by atoms with Gasteiger partial charge in [-0.15, -0.1) is 5.06 Å². The Kier molecular flexibility index (Phi) is 7.26. The van der Waals surface area contributed by atoms with Gasteiger partial charge in [-0.3, -0.25) is 10.2 Å². The molecule has 0 saturated heterocycles. The Morgan fingerprint density at radius 1 is 1.09 bits per heavy atom. The van der Waals surface area contributed by atoms with Gasteiger partial charge in [0.05, 0.1) is 38.0 Å². The van der Waals surface area contributed by atoms with Crippen LogP contribution < -0.4 is 18.9 Å². The minimum absolute atomic E-state index is 0.0688. The van der Waals surface area contributed by atoms with E-state index < -0.39 is 5.91 Å². The summed E-state index contributed by atoms with van der Waals surface area (Å²) in [4.78, 5) is 21.9. The molecule has 2 aromatic rings. The Labute approximate surface area is 207 Å². The van der Waals surface area contributed by atoms with Crippen molar-refractivity contribution in [1.82, 2.24) is 5.06 Å². The van der Waals surface area contributed by atoms with Gasteiger partial charge in [0.15, 0.2) is 23.2 Å². The van der Waals surface area contributed by atoms with Crippen LogP contribution in [-0.2, 0) is 9.63 Å². The van der Waals surface area contributed by atoms with E-state index in [1.54, 1.807) is 32.2 Å². The third-order valence-corrected chi connectivity index (χ3v) is 5.39. The van der Waals surface area contributed by atoms with Gasteiger partial charge in [-0.2, -0.15) is 4.99 Å². The number of carbonyl (C=O) groups is 1. The lowest BCUT2D eigenvalue weighted by Gasteiger charge is -2.23. The number of methoxy groups -OCH3 is 2. The lowest BCUT2D eigenvalue weighted by Crippen LogP contribution is -2.38. The standard InChI is InChI=1S/C25H24ClN3O6/c1-15-11-22-28-25(30)19(24(27)29(22)35-15)12-16-13-20(26)23(21(14-16)32-3)34-10-4-9-33-18-7-5-17(31-2)6-8-18/h5-8,11-14,27H,4,9-10H2,1-3H3/b19-12-,27-24?. The first-order chi connectivity index (χ1) is 16.9. The molecule has 0 aromatic heterocycles. The molecule has 9 nitrogen and oxygen atoms in total. The van der Waals surface area contributed by atoms with Gasteiger partial charge in [0, 0.05) is 12.5 Å². The number of ether oxygens (including phenoxy) is 4. The summed E-state index contributed by atoms with van der Waals surface area (Å²) in [5.74, 6) is 2.46. The molecule has 0 unspecified atom stereocenters. The number of benzene rings is 2. The van der Waals surface area contributed by atoms with E-state index in [0.29, 0.717) is 47.5 Å². The summed E-state index contributed by atoms with van der Waals surface area (Å²) in [6, 6.07) is 10.6. The second kappa shape index (κ2) is 10.5. The molecule has 0 aliphatic carbocycles. The summed E-state index contributed by atoms with van der Waals surface area (Å²) in [6.45, 7) is 2.53. The average molecular weight is 498 g/mol. The number of halogens is 1. The van der Waals surface area contributed by atoms with Gasteiger partial charge >= 0.3 is 0 Å². The highest BCUT2D eigenvalue weighted by Gasteiger charge is 2.34. The number of hydrogen-bond acceptors (Lipinski definition) is 7. The molecule has 0 bridgehead atoms. The molecule has 2 aliphatic heterocycles. The van der Waals surface area contributed by atoms with Gasteiger partial charge in [0.25, 0.3) is 5.91 Å². The van der Waals surface area contributed by atoms with Crippen molar-refractivity contribution >= 4 is 35.3 Å². The molecule has 0 fully saturated rings. The van der Waals surface area contributed by atoms with E-state index in [2.05, 4.69) is 4.99 Å². The summed E-state index contributed by atoms with van der Waals surface area (Å²) >= 11 is 6.46. The van der Waals surface area contributed by atoms with Crippen LogP contribution in [0.3, 0.4) is 0 Å². The lowest BCUT2D eigenvalue weighted by molar-refractivity contribution is -0.114. The van der Waals surface area contributed by atoms with Crippen LogP contribution in [0.5, 0.6) is 23.0 Å². The monoisotopic (exact) mass is 497 g/mol. The normalized spacial score (nSPS) is 15.9. The highest BCUT2D eigenvalue weighted by atomic mass is 35.5. The summed E-state index contributed by atoms with van der Waals surface area (Å²) in [5, 5.41) is 9.85. The molecule has 2 heterocycles. The van der Waals surface area contributed by atoms with Crippen LogP contribution in [0.4, 0.5) is 0 Å². The zero-order valence-corrected chi connectivity index (χ0v) is 20.2. The van der Waals surface area contributed by atoms with Gasteiger partial charge in [-0.1, -0.05) is 11.6 Å². The Balaban J connectivity index is 1.40. The number of hydrogen-bond donors (Lipinski definition) is 1. The maximum absolute atomic E-state index is 12.5. The Hall–Kier alpha value is -3.98. The fourth-order valence-electron chi connectivity index (χ4n) is 3.43. The van der Waals surface area contributed by atoms with Gasteiger partial charge in [-0.05, 0) is 55.0 Å². The largest absolute Gasteiger partial charge is 0.497 e. The number of carbonyl (C=O) groups excluding carboxylic acids is 1. The number of allylic oxidation sites excluding steroid dienone is 1. The number of fused-ring (bicyclic) bond motifs is 1. The van der Waals surface area contributed by atoms with Gasteiger partial charge < -0.3 is 23.8 Å². The van der Waals surface area contributed by atoms with Crippen molar-refractivity contribution in [2.24, 2.45) is 4.99 Å². The van der Waals surface area contributed by atoms with Crippen LogP contribution in [0.15, 0.2) is 58.8 Å². The zero-order valence-electron chi connectivity index (χ0n) is 19.5. The number of rotatable bonds is 9. The SMILES string of the molecule is COc1ccc(OCCCOc2c(Cl)cc(/C=C3/C(=N)N4OC(C)=CC4=NC3=O)cc2OC)cc1. The number of hydroxylamine groups is 2. The van der Waals surface area contributed by atoms with E-state index in [1.807, 2.05) is 24.3 Å². The van der Waals surface area contributed by atoms with Crippen LogP contribution in [0.25, 0.3) is 6.08 Å². The smallest absolute Gasteiger partial charge is 0.282 e. The van der Waals surface area contributed by atoms with E-state index >= 15 is 0 Å². The number of amides is 1. The summed E-state index contributed by atoms with van der Waals surface area (Å²) in [6.07, 6.45) is 3.73. The maximum atomic E-state index is 12.5. The minimum Gasteiger partial charge on any atom is -0.497 e. The molecule has 182 valence electrons. The summed E-state index contributed by atoms with van der Waals surface area (Å²) in [7, 11) is 3.11. The number of nitrogens with one attached hydrogen (secondary N) is 1. The zero-order chi connectivity index (χ0) is 24.9. The van der Waals surface area contributed by atoms with Crippen LogP contribution in [0.2, 0.25) is 5.02 Å². The van der Waals surface area contributed by atoms with Crippen LogP contribution in [0.1, 0.15) is 18.9 Å². The van der Waals surface area contributed by atoms with E-state index in [0.717, 1.165) is 11.5 Å². The van der Waals surface area contributed by atoms with E-state index in [4.69, 9.17) is 40.8 Å². The molecule has 2 aliphatic rings. The number of amidine groups is 2. The fraction of sp³-hybridized carbons (Fsp3) is 0.240. The van der Waals surface area contributed by atoms with Crippen molar-refractivity contribution in [2.45, 2.75) is 13.3 Å². The number of nitrogens with zero attached hydrogens (tertiary/aromatic N) is 2. The molecule has 35 heavy (non-hydrogen) atoms. The summed E-state index contributed by atoms with van der Waals surface area (Å²) < 4.78 is 22.1. The fourth-order valence-corrected chi connectivity index (χ4v) is 3.70. The molecule has 4 rings (SSSR count). The predicted octanol–water partition coefficient (Wildman–Crippen LogP) is 4.66. The molecule has 10 heteroatoms. The van der Waals surface area contributed by atoms with Crippen molar-refractivity contribution in [2.75, 3.05) is 27.4 Å². The maximum Gasteiger partial charge on any atom is 0.282 e. The minimum atomic E-state index is -0.539. The molecule has 2 aromatic carbocycles. The van der Waals surface area contributed by atoms with Gasteiger partial charge in [0.1, 0.15) is 17.3 Å². The van der Waals surface area contributed by atoms with Crippen molar-refractivity contribution < 1.29 is 28.6 Å². The van der Waals surface area contributed by atoms with Gasteiger partial charge in [0.2, 0.25) is 0 Å². The van der Waals surface area contributed by atoms with Crippen molar-refractivity contribution in [3.05, 3.63) is 64.4 Å². The first kappa shape index (κ1) is 24.2. The van der Waals surface area contributed by atoms with Crippen molar-refractivity contribution in [3.8, 4) is 23.0 Å². The quantitative estimate of drug-likeness (QED) is 0.397. The number of aliphatic imine (C=N–C) groups is 1. The lowest BCUT2D eigenvalue weighted by atomic mass is 10.1. The Morgan fingerprint density at radius 3 is 2.51 bits per heavy atom. The predicted molar refractivity (Wildman–Crippen MR) is 131 cm³/mol. The van der Waals surface area contributed by atoms with Crippen LogP contribution in [0, 0.1) is 5.41 Å². The molecule has 0 radical (unpaired) electrons. The highest BCUT2D eigenvalue weighted by Crippen LogP contribution is 2.37.